The Kier molecular flexibility index (Phi) is 7.28. The molecule has 0 aliphatic heterocycles. The van der Waals surface area contributed by atoms with Crippen molar-refractivity contribution in [2.75, 3.05) is 0 Å². The van der Waals surface area contributed by atoms with Crippen molar-refractivity contribution in [1.29, 1.82) is 0 Å². The van der Waals surface area contributed by atoms with Crippen LogP contribution in [0.5, 0.6) is 11.5 Å². The lowest BCUT2D eigenvalue weighted by Gasteiger charge is -2.23. The van der Waals surface area contributed by atoms with E-state index in [1.807, 2.05) is 0 Å². The van der Waals surface area contributed by atoms with Crippen LogP contribution in [0.25, 0.3) is 6.08 Å². The van der Waals surface area contributed by atoms with E-state index >= 15 is 0 Å². The molecule has 0 saturated carbocycles. The van der Waals surface area contributed by atoms with Crippen LogP contribution in [0.1, 0.15) is 52.1 Å². The molecule has 0 amide bonds. The number of phenolic OH excluding ortho intramolecular Hbond substituents is 2. The van der Waals surface area contributed by atoms with E-state index < -0.39 is 46.9 Å². The van der Waals surface area contributed by atoms with Crippen molar-refractivity contribution in [3.05, 3.63) is 88.0 Å². The maximum Gasteiger partial charge on any atom is 0.416 e. The topological polar surface area (TPSA) is 101 Å². The molecule has 2 N–H and O–H groups in total. The van der Waals surface area contributed by atoms with E-state index in [0.29, 0.717) is 5.56 Å². The molecule has 0 saturated heterocycles. The van der Waals surface area contributed by atoms with Crippen molar-refractivity contribution in [2.24, 2.45) is 0 Å². The number of allylic oxidation sites excluding steroid dienone is 2. The molecule has 9 heteroatoms. The molecule has 182 valence electrons. The van der Waals surface area contributed by atoms with E-state index in [9.17, 15) is 37.8 Å². The van der Waals surface area contributed by atoms with Gasteiger partial charge in [0.25, 0.3) is 0 Å². The van der Waals surface area contributed by atoms with E-state index in [1.54, 1.807) is 19.9 Å². The summed E-state index contributed by atoms with van der Waals surface area (Å²) >= 11 is 0. The van der Waals surface area contributed by atoms with Crippen molar-refractivity contribution in [3.8, 4) is 11.5 Å². The molecule has 0 radical (unpaired) electrons. The van der Waals surface area contributed by atoms with Crippen molar-refractivity contribution in [1.82, 2.24) is 0 Å². The molecule has 6 nitrogen and oxygen atoms in total. The molecule has 0 heterocycles. The summed E-state index contributed by atoms with van der Waals surface area (Å²) in [6.07, 6.45) is -0.745. The van der Waals surface area contributed by atoms with Gasteiger partial charge in [-0.05, 0) is 55.8 Å². The smallest absolute Gasteiger partial charge is 0.416 e. The second-order valence-electron chi connectivity index (χ2n) is 8.04. The molecule has 2 aromatic carbocycles. The van der Waals surface area contributed by atoms with Crippen molar-refractivity contribution in [2.45, 2.75) is 32.5 Å². The molecule has 35 heavy (non-hydrogen) atoms. The zero-order valence-electron chi connectivity index (χ0n) is 18.7. The molecule has 0 spiro atoms. The van der Waals surface area contributed by atoms with Crippen molar-refractivity contribution < 1.29 is 42.5 Å². The minimum atomic E-state index is -4.49. The highest BCUT2D eigenvalue weighted by Crippen LogP contribution is 2.36. The summed E-state index contributed by atoms with van der Waals surface area (Å²) < 4.78 is 43.5. The summed E-state index contributed by atoms with van der Waals surface area (Å²) in [4.78, 5) is 38.2. The van der Waals surface area contributed by atoms with Crippen LogP contribution in [0.4, 0.5) is 13.2 Å². The Labute approximate surface area is 198 Å². The van der Waals surface area contributed by atoms with Gasteiger partial charge in [-0.2, -0.15) is 13.2 Å². The zero-order chi connectivity index (χ0) is 25.9. The molecule has 0 unspecified atom stereocenters. The highest BCUT2D eigenvalue weighted by atomic mass is 19.4. The third-order valence-corrected chi connectivity index (χ3v) is 5.18. The quantitative estimate of drug-likeness (QED) is 0.245. The Bertz CT molecular complexity index is 1260. The summed E-state index contributed by atoms with van der Waals surface area (Å²) in [5, 5.41) is 20.1. The SMILES string of the molecule is CC(C)=CC[C@@H](OC(=O)/C=C/c1ccc(C(F)(F)F)cc1)C1=CC(=O)c2c(O)ccc(O)c2C1=O. The van der Waals surface area contributed by atoms with Gasteiger partial charge < -0.3 is 14.9 Å². The second-order valence-corrected chi connectivity index (χ2v) is 8.04. The number of ether oxygens (including phenoxy) is 1. The van der Waals surface area contributed by atoms with Crippen LogP contribution in [0.3, 0.4) is 0 Å². The van der Waals surface area contributed by atoms with E-state index in [4.69, 9.17) is 4.74 Å². The van der Waals surface area contributed by atoms with Gasteiger partial charge in [0.15, 0.2) is 11.6 Å². The maximum atomic E-state index is 13.1. The molecular formula is C26H21F3O6. The first-order chi connectivity index (χ1) is 16.4. The largest absolute Gasteiger partial charge is 0.507 e. The number of rotatable bonds is 6. The number of alkyl halides is 3. The fraction of sp³-hybridized carbons (Fsp3) is 0.192. The van der Waals surface area contributed by atoms with Crippen LogP contribution in [-0.4, -0.2) is 33.9 Å². The third-order valence-electron chi connectivity index (χ3n) is 5.18. The minimum absolute atomic E-state index is 0.0436. The molecule has 2 aromatic rings. The average Bonchev–Trinajstić information content (AvgIpc) is 2.78. The lowest BCUT2D eigenvalue weighted by molar-refractivity contribution is -0.141. The number of benzene rings is 2. The first-order valence-corrected chi connectivity index (χ1v) is 10.4. The number of phenols is 2. The van der Waals surface area contributed by atoms with Crippen molar-refractivity contribution >= 4 is 23.6 Å². The Morgan fingerprint density at radius 1 is 1.00 bits per heavy atom. The number of carbonyl (C=O) groups is 3. The number of esters is 1. The lowest BCUT2D eigenvalue weighted by atomic mass is 9.85. The number of ketones is 2. The molecule has 3 rings (SSSR count). The average molecular weight is 486 g/mol. The van der Waals surface area contributed by atoms with Gasteiger partial charge in [0.2, 0.25) is 0 Å². The number of hydrogen-bond donors (Lipinski definition) is 2. The number of carbonyl (C=O) groups excluding carboxylic acids is 3. The van der Waals surface area contributed by atoms with Gasteiger partial charge in [-0.15, -0.1) is 0 Å². The third kappa shape index (κ3) is 5.87. The Balaban J connectivity index is 1.86. The lowest BCUT2D eigenvalue weighted by Crippen LogP contribution is -2.28. The summed E-state index contributed by atoms with van der Waals surface area (Å²) in [5.41, 5.74) is -0.576. The number of Topliss-reactive ketones (excluding diaryl/α,β-unsaturated/α-hetero) is 1. The van der Waals surface area contributed by atoms with Gasteiger partial charge in [-0.25, -0.2) is 4.79 Å². The minimum Gasteiger partial charge on any atom is -0.507 e. The highest BCUT2D eigenvalue weighted by Gasteiger charge is 2.35. The molecule has 1 atom stereocenters. The molecule has 0 aromatic heterocycles. The first kappa shape index (κ1) is 25.5. The monoisotopic (exact) mass is 486 g/mol. The van der Waals surface area contributed by atoms with Crippen LogP contribution in [-0.2, 0) is 15.7 Å². The molecular weight excluding hydrogens is 465 g/mol. The van der Waals surface area contributed by atoms with Gasteiger partial charge in [0.05, 0.1) is 16.7 Å². The number of aromatic hydroxyl groups is 2. The second kappa shape index (κ2) is 10.0. The van der Waals surface area contributed by atoms with Gasteiger partial charge >= 0.3 is 12.1 Å². The van der Waals surface area contributed by atoms with E-state index in [0.717, 1.165) is 42.0 Å². The molecule has 0 fully saturated rings. The maximum absolute atomic E-state index is 13.1. The summed E-state index contributed by atoms with van der Waals surface area (Å²) in [6.45, 7) is 3.57. The summed E-state index contributed by atoms with van der Waals surface area (Å²) in [7, 11) is 0. The van der Waals surface area contributed by atoms with Crippen LogP contribution in [0.2, 0.25) is 0 Å². The zero-order valence-corrected chi connectivity index (χ0v) is 18.7. The van der Waals surface area contributed by atoms with Crippen LogP contribution < -0.4 is 0 Å². The normalized spacial score (nSPS) is 14.4. The van der Waals surface area contributed by atoms with E-state index in [-0.39, 0.29) is 23.1 Å². The van der Waals surface area contributed by atoms with E-state index in [1.165, 1.54) is 18.2 Å². The number of hydrogen-bond acceptors (Lipinski definition) is 6. The predicted molar refractivity (Wildman–Crippen MR) is 121 cm³/mol. The van der Waals surface area contributed by atoms with Gasteiger partial charge in [0, 0.05) is 18.1 Å². The highest BCUT2D eigenvalue weighted by molar-refractivity contribution is 6.27. The first-order valence-electron chi connectivity index (χ1n) is 10.4. The van der Waals surface area contributed by atoms with Gasteiger partial charge in [-0.3, -0.25) is 9.59 Å². The number of halogens is 3. The standard InChI is InChI=1S/C26H21F3O6/c1-14(2)3-11-21(17-13-20(32)23-18(30)9-10-19(31)24(23)25(17)34)35-22(33)12-6-15-4-7-16(8-5-15)26(27,28)29/h3-10,12-13,21,30-31H,11H2,1-2H3/b12-6+/t21-/m1/s1. The van der Waals surface area contributed by atoms with Gasteiger partial charge in [-0.1, -0.05) is 23.8 Å². The summed E-state index contributed by atoms with van der Waals surface area (Å²) in [5.74, 6) is -3.38. The molecule has 1 aliphatic rings. The molecule has 0 bridgehead atoms. The molecule has 1 aliphatic carbocycles. The summed E-state index contributed by atoms with van der Waals surface area (Å²) in [6, 6.07) is 6.28. The van der Waals surface area contributed by atoms with Crippen LogP contribution in [0, 0.1) is 0 Å². The van der Waals surface area contributed by atoms with Crippen LogP contribution in [0.15, 0.2) is 65.8 Å². The van der Waals surface area contributed by atoms with Gasteiger partial charge in [0.1, 0.15) is 17.6 Å². The Morgan fingerprint density at radius 2 is 1.60 bits per heavy atom. The fourth-order valence-electron chi connectivity index (χ4n) is 3.43. The van der Waals surface area contributed by atoms with Crippen molar-refractivity contribution in [3.63, 3.8) is 0 Å². The number of fused-ring (bicyclic) bond motifs is 1. The predicted octanol–water partition coefficient (Wildman–Crippen LogP) is 5.40. The Morgan fingerprint density at radius 3 is 2.17 bits per heavy atom. The Hall–Kier alpha value is -4.14. The van der Waals surface area contributed by atoms with Crippen LogP contribution >= 0.6 is 0 Å². The fourth-order valence-corrected chi connectivity index (χ4v) is 3.43. The van der Waals surface area contributed by atoms with E-state index in [2.05, 4.69) is 0 Å².